The summed E-state index contributed by atoms with van der Waals surface area (Å²) in [4.78, 5) is 11.7. The molecule has 2 rings (SSSR count). The molecule has 0 amide bonds. The van der Waals surface area contributed by atoms with E-state index < -0.39 is 5.97 Å². The number of thiophene rings is 1. The van der Waals surface area contributed by atoms with Gasteiger partial charge in [0.25, 0.3) is 0 Å². The van der Waals surface area contributed by atoms with Gasteiger partial charge in [0, 0.05) is 18.6 Å². The smallest absolute Gasteiger partial charge is 0.336 e. The average molecular weight is 336 g/mol. The third kappa shape index (κ3) is 1.53. The van der Waals surface area contributed by atoms with Crippen LogP contribution in [0.4, 0.5) is 0 Å². The van der Waals surface area contributed by atoms with Crippen molar-refractivity contribution in [3.8, 4) is 0 Å². The van der Waals surface area contributed by atoms with Gasteiger partial charge in [-0.05, 0) is 40.1 Å². The summed E-state index contributed by atoms with van der Waals surface area (Å²) >= 11 is 7.87. The SMILES string of the molecule is O=C(O)c1cc2sccc2c(S)c1I. The quantitative estimate of drug-likeness (QED) is 0.618. The van der Waals surface area contributed by atoms with Crippen LogP contribution in [0.2, 0.25) is 0 Å². The third-order valence-electron chi connectivity index (χ3n) is 1.90. The molecule has 0 saturated heterocycles. The molecule has 2 aromatic rings. The molecule has 1 aromatic carbocycles. The van der Waals surface area contributed by atoms with Crippen molar-refractivity contribution < 1.29 is 9.90 Å². The standard InChI is InChI=1S/C9H5IO2S2/c10-7-5(9(11)12)3-6-4(8(7)13)1-2-14-6/h1-3,13H,(H,11,12). The predicted molar refractivity (Wildman–Crippen MR) is 68.8 cm³/mol. The number of benzene rings is 1. The Labute approximate surface area is 103 Å². The van der Waals surface area contributed by atoms with Crippen molar-refractivity contribution in [3.63, 3.8) is 0 Å². The van der Waals surface area contributed by atoms with Gasteiger partial charge in [0.05, 0.1) is 5.56 Å². The highest BCUT2D eigenvalue weighted by molar-refractivity contribution is 14.1. The molecule has 0 aliphatic rings. The van der Waals surface area contributed by atoms with E-state index in [-0.39, 0.29) is 0 Å². The molecule has 0 aliphatic heterocycles. The Balaban J connectivity index is 2.87. The van der Waals surface area contributed by atoms with E-state index in [0.717, 1.165) is 15.0 Å². The van der Waals surface area contributed by atoms with Crippen molar-refractivity contribution in [1.82, 2.24) is 0 Å². The first-order valence-electron chi connectivity index (χ1n) is 3.73. The van der Waals surface area contributed by atoms with Gasteiger partial charge in [-0.2, -0.15) is 0 Å². The van der Waals surface area contributed by atoms with Gasteiger partial charge >= 0.3 is 5.97 Å². The monoisotopic (exact) mass is 336 g/mol. The first-order valence-corrected chi connectivity index (χ1v) is 6.14. The van der Waals surface area contributed by atoms with E-state index >= 15 is 0 Å². The fourth-order valence-electron chi connectivity index (χ4n) is 1.22. The molecule has 0 saturated carbocycles. The van der Waals surface area contributed by atoms with Crippen LogP contribution in [-0.4, -0.2) is 11.1 Å². The zero-order chi connectivity index (χ0) is 10.3. The van der Waals surface area contributed by atoms with Crippen LogP contribution < -0.4 is 0 Å². The molecule has 1 aromatic heterocycles. The van der Waals surface area contributed by atoms with Gasteiger partial charge in [-0.15, -0.1) is 24.0 Å². The van der Waals surface area contributed by atoms with E-state index in [1.807, 2.05) is 34.0 Å². The Kier molecular flexibility index (Phi) is 2.72. The van der Waals surface area contributed by atoms with Crippen LogP contribution in [0.15, 0.2) is 22.4 Å². The van der Waals surface area contributed by atoms with Crippen molar-refractivity contribution in [3.05, 3.63) is 26.6 Å². The van der Waals surface area contributed by atoms with Crippen LogP contribution >= 0.6 is 46.6 Å². The number of rotatable bonds is 1. The Hall–Kier alpha value is -0.270. The van der Waals surface area contributed by atoms with Crippen molar-refractivity contribution in [2.45, 2.75) is 4.90 Å². The lowest BCUT2D eigenvalue weighted by atomic mass is 10.2. The highest BCUT2D eigenvalue weighted by Gasteiger charge is 2.14. The first-order chi connectivity index (χ1) is 6.61. The summed E-state index contributed by atoms with van der Waals surface area (Å²) in [6.07, 6.45) is 0. The average Bonchev–Trinajstić information content (AvgIpc) is 2.58. The fourth-order valence-corrected chi connectivity index (χ4v) is 3.13. The molecule has 0 bridgehead atoms. The molecule has 0 unspecified atom stereocenters. The molecule has 14 heavy (non-hydrogen) atoms. The van der Waals surface area contributed by atoms with Crippen LogP contribution in [0.5, 0.6) is 0 Å². The second-order valence-electron chi connectivity index (χ2n) is 2.72. The number of aromatic carboxylic acids is 1. The van der Waals surface area contributed by atoms with Gasteiger partial charge in [0.15, 0.2) is 0 Å². The molecule has 2 nitrogen and oxygen atoms in total. The van der Waals surface area contributed by atoms with E-state index in [1.54, 1.807) is 6.07 Å². The number of hydrogen-bond donors (Lipinski definition) is 2. The van der Waals surface area contributed by atoms with E-state index in [9.17, 15) is 4.79 Å². The van der Waals surface area contributed by atoms with Crippen molar-refractivity contribution >= 4 is 62.6 Å². The molecule has 5 heteroatoms. The van der Waals surface area contributed by atoms with E-state index in [0.29, 0.717) is 9.13 Å². The van der Waals surface area contributed by atoms with Gasteiger partial charge < -0.3 is 5.11 Å². The molecule has 0 radical (unpaired) electrons. The first kappa shape index (κ1) is 10.3. The number of hydrogen-bond acceptors (Lipinski definition) is 3. The maximum Gasteiger partial charge on any atom is 0.336 e. The molecule has 0 fully saturated rings. The normalized spacial score (nSPS) is 10.7. The molecular formula is C9H5IO2S2. The Morgan fingerprint density at radius 1 is 1.57 bits per heavy atom. The molecule has 1 N–H and O–H groups in total. The van der Waals surface area contributed by atoms with Crippen LogP contribution in [-0.2, 0) is 0 Å². The largest absolute Gasteiger partial charge is 0.478 e. The molecule has 0 spiro atoms. The minimum atomic E-state index is -0.903. The lowest BCUT2D eigenvalue weighted by molar-refractivity contribution is 0.0695. The number of carboxylic acid groups (broad SMARTS) is 1. The van der Waals surface area contributed by atoms with Crippen LogP contribution in [0.3, 0.4) is 0 Å². The van der Waals surface area contributed by atoms with Gasteiger partial charge in [0.1, 0.15) is 0 Å². The summed E-state index contributed by atoms with van der Waals surface area (Å²) in [7, 11) is 0. The Bertz CT molecular complexity index is 519. The topological polar surface area (TPSA) is 37.3 Å². The summed E-state index contributed by atoms with van der Waals surface area (Å²) in [5.41, 5.74) is 0.325. The van der Waals surface area contributed by atoms with Gasteiger partial charge in [0.2, 0.25) is 0 Å². The van der Waals surface area contributed by atoms with Crippen molar-refractivity contribution in [2.75, 3.05) is 0 Å². The Morgan fingerprint density at radius 3 is 2.93 bits per heavy atom. The zero-order valence-electron chi connectivity index (χ0n) is 6.82. The lowest BCUT2D eigenvalue weighted by Crippen LogP contribution is -2.00. The lowest BCUT2D eigenvalue weighted by Gasteiger charge is -2.03. The minimum Gasteiger partial charge on any atom is -0.478 e. The summed E-state index contributed by atoms with van der Waals surface area (Å²) in [5.74, 6) is -0.903. The zero-order valence-corrected chi connectivity index (χ0v) is 10.7. The van der Waals surface area contributed by atoms with E-state index in [4.69, 9.17) is 5.11 Å². The van der Waals surface area contributed by atoms with Crippen molar-refractivity contribution in [1.29, 1.82) is 0 Å². The highest BCUT2D eigenvalue weighted by Crippen LogP contribution is 2.33. The van der Waals surface area contributed by atoms with Crippen molar-refractivity contribution in [2.24, 2.45) is 0 Å². The maximum atomic E-state index is 10.9. The molecule has 1 heterocycles. The fraction of sp³-hybridized carbons (Fsp3) is 0. The molecule has 0 atom stereocenters. The number of carbonyl (C=O) groups is 1. The number of halogens is 1. The second kappa shape index (κ2) is 3.71. The minimum absolute atomic E-state index is 0.325. The maximum absolute atomic E-state index is 10.9. The van der Waals surface area contributed by atoms with E-state index in [1.165, 1.54) is 11.3 Å². The number of fused-ring (bicyclic) bond motifs is 1. The summed E-state index contributed by atoms with van der Waals surface area (Å²) in [6.45, 7) is 0. The molecule has 72 valence electrons. The van der Waals surface area contributed by atoms with Crippen LogP contribution in [0, 0.1) is 3.57 Å². The number of carboxylic acids is 1. The van der Waals surface area contributed by atoms with Gasteiger partial charge in [-0.1, -0.05) is 0 Å². The highest BCUT2D eigenvalue weighted by atomic mass is 127. The van der Waals surface area contributed by atoms with Gasteiger partial charge in [-0.3, -0.25) is 0 Å². The molecule has 0 aliphatic carbocycles. The second-order valence-corrected chi connectivity index (χ2v) is 5.20. The van der Waals surface area contributed by atoms with E-state index in [2.05, 4.69) is 12.6 Å². The summed E-state index contributed by atoms with van der Waals surface area (Å²) in [5, 5.41) is 11.9. The molecular weight excluding hydrogens is 331 g/mol. The Morgan fingerprint density at radius 2 is 2.29 bits per heavy atom. The third-order valence-corrected chi connectivity index (χ3v) is 4.78. The van der Waals surface area contributed by atoms with Gasteiger partial charge in [-0.25, -0.2) is 4.79 Å². The van der Waals surface area contributed by atoms with Crippen LogP contribution in [0.1, 0.15) is 10.4 Å². The summed E-state index contributed by atoms with van der Waals surface area (Å²) in [6, 6.07) is 3.65. The number of thiol groups is 1. The summed E-state index contributed by atoms with van der Waals surface area (Å²) < 4.78 is 1.66. The van der Waals surface area contributed by atoms with Crippen LogP contribution in [0.25, 0.3) is 10.1 Å². The predicted octanol–water partition coefficient (Wildman–Crippen LogP) is 3.49.